The molecule has 18 heavy (non-hydrogen) atoms. The number of thiazole rings is 1. The van der Waals surface area contributed by atoms with Gasteiger partial charge in [0.05, 0.1) is 6.54 Å². The zero-order valence-electron chi connectivity index (χ0n) is 10.3. The van der Waals surface area contributed by atoms with Crippen LogP contribution in [0.25, 0.3) is 0 Å². The number of nitrogens with two attached hydrogens (primary N) is 1. The molecule has 96 valence electrons. The zero-order valence-corrected chi connectivity index (χ0v) is 11.2. The normalized spacial score (nSPS) is 14.6. The van der Waals surface area contributed by atoms with Crippen LogP contribution >= 0.6 is 11.3 Å². The quantitative estimate of drug-likeness (QED) is 0.828. The predicted octanol–water partition coefficient (Wildman–Crippen LogP) is 1.03. The molecular weight excluding hydrogens is 248 g/mol. The molecule has 2 heterocycles. The molecule has 6 heteroatoms. The SMILES string of the molecule is C#CCN(C)C(=O)c1sc(N2CCCC2)nc1N. The number of nitrogens with zero attached hydrogens (tertiary/aromatic N) is 3. The molecule has 5 nitrogen and oxygen atoms in total. The number of terminal acetylenes is 1. The number of amides is 1. The third-order valence-corrected chi connectivity index (χ3v) is 4.01. The minimum Gasteiger partial charge on any atom is -0.382 e. The lowest BCUT2D eigenvalue weighted by atomic mass is 10.4. The third-order valence-electron chi connectivity index (χ3n) is 2.89. The van der Waals surface area contributed by atoms with Gasteiger partial charge in [-0.1, -0.05) is 17.3 Å². The van der Waals surface area contributed by atoms with Crippen LogP contribution in [0.15, 0.2) is 0 Å². The second-order valence-corrected chi connectivity index (χ2v) is 5.25. The molecule has 0 atom stereocenters. The van der Waals surface area contributed by atoms with E-state index in [4.69, 9.17) is 12.2 Å². The lowest BCUT2D eigenvalue weighted by molar-refractivity contribution is 0.0818. The number of carbonyl (C=O) groups excluding carboxylic acids is 1. The molecular formula is C12H16N4OS. The average Bonchev–Trinajstić information content (AvgIpc) is 2.97. The van der Waals surface area contributed by atoms with E-state index in [1.807, 2.05) is 0 Å². The van der Waals surface area contributed by atoms with E-state index in [-0.39, 0.29) is 12.5 Å². The smallest absolute Gasteiger partial charge is 0.268 e. The molecule has 1 aromatic heterocycles. The Balaban J connectivity index is 2.18. The molecule has 1 aliphatic rings. The fourth-order valence-corrected chi connectivity index (χ4v) is 2.93. The number of rotatable bonds is 3. The molecule has 0 saturated carbocycles. The van der Waals surface area contributed by atoms with E-state index in [1.54, 1.807) is 7.05 Å². The average molecular weight is 264 g/mol. The highest BCUT2D eigenvalue weighted by atomic mass is 32.1. The molecule has 1 amide bonds. The number of carbonyl (C=O) groups is 1. The second kappa shape index (κ2) is 5.27. The molecule has 1 saturated heterocycles. The van der Waals surface area contributed by atoms with Crippen LogP contribution in [-0.2, 0) is 0 Å². The van der Waals surface area contributed by atoms with Crippen molar-refractivity contribution in [3.8, 4) is 12.3 Å². The van der Waals surface area contributed by atoms with Crippen molar-refractivity contribution < 1.29 is 4.79 Å². The second-order valence-electron chi connectivity index (χ2n) is 4.27. The van der Waals surface area contributed by atoms with Crippen molar-refractivity contribution in [1.29, 1.82) is 0 Å². The van der Waals surface area contributed by atoms with Crippen molar-refractivity contribution in [1.82, 2.24) is 9.88 Å². The molecule has 1 fully saturated rings. The Morgan fingerprint density at radius 1 is 1.61 bits per heavy atom. The first kappa shape index (κ1) is 12.7. The standard InChI is InChI=1S/C12H16N4OS/c1-3-6-15(2)11(17)9-10(13)14-12(18-9)16-7-4-5-8-16/h1H,4-8,13H2,2H3. The van der Waals surface area contributed by atoms with Crippen molar-refractivity contribution in [3.63, 3.8) is 0 Å². The van der Waals surface area contributed by atoms with Gasteiger partial charge in [-0.15, -0.1) is 6.42 Å². The summed E-state index contributed by atoms with van der Waals surface area (Å²) in [5, 5.41) is 0.836. The zero-order chi connectivity index (χ0) is 13.1. The summed E-state index contributed by atoms with van der Waals surface area (Å²) in [6.45, 7) is 2.25. The fraction of sp³-hybridized carbons (Fsp3) is 0.500. The maximum Gasteiger partial charge on any atom is 0.268 e. The van der Waals surface area contributed by atoms with E-state index >= 15 is 0 Å². The van der Waals surface area contributed by atoms with Gasteiger partial charge >= 0.3 is 0 Å². The summed E-state index contributed by atoms with van der Waals surface area (Å²) in [5.74, 6) is 2.58. The van der Waals surface area contributed by atoms with Gasteiger partial charge in [-0.25, -0.2) is 4.98 Å². The summed E-state index contributed by atoms with van der Waals surface area (Å²) in [5.41, 5.74) is 5.82. The molecule has 2 N–H and O–H groups in total. The molecule has 1 aliphatic heterocycles. The molecule has 0 aliphatic carbocycles. The number of hydrogen-bond donors (Lipinski definition) is 1. The molecule has 0 bridgehead atoms. The number of aromatic nitrogens is 1. The van der Waals surface area contributed by atoms with Gasteiger partial charge in [-0.05, 0) is 12.8 Å². The first-order valence-corrected chi connectivity index (χ1v) is 6.65. The van der Waals surface area contributed by atoms with Gasteiger partial charge in [-0.2, -0.15) is 0 Å². The summed E-state index contributed by atoms with van der Waals surface area (Å²) in [7, 11) is 1.66. The van der Waals surface area contributed by atoms with E-state index in [2.05, 4.69) is 15.8 Å². The van der Waals surface area contributed by atoms with Crippen LogP contribution in [0.4, 0.5) is 10.9 Å². The van der Waals surface area contributed by atoms with Crippen molar-refractivity contribution in [3.05, 3.63) is 4.88 Å². The number of nitrogen functional groups attached to an aromatic ring is 1. The molecule has 0 aromatic carbocycles. The highest BCUT2D eigenvalue weighted by molar-refractivity contribution is 7.18. The van der Waals surface area contributed by atoms with Crippen LogP contribution in [0.2, 0.25) is 0 Å². The third kappa shape index (κ3) is 2.41. The Morgan fingerprint density at radius 2 is 2.28 bits per heavy atom. The summed E-state index contributed by atoms with van der Waals surface area (Å²) in [6, 6.07) is 0. The van der Waals surface area contributed by atoms with Crippen LogP contribution in [0.1, 0.15) is 22.5 Å². The Bertz CT molecular complexity index is 485. The summed E-state index contributed by atoms with van der Waals surface area (Å²) < 4.78 is 0. The number of hydrogen-bond acceptors (Lipinski definition) is 5. The van der Waals surface area contributed by atoms with Crippen molar-refractivity contribution in [2.75, 3.05) is 37.3 Å². The molecule has 2 rings (SSSR count). The van der Waals surface area contributed by atoms with Gasteiger partial charge < -0.3 is 15.5 Å². The van der Waals surface area contributed by atoms with Gasteiger partial charge in [0.1, 0.15) is 10.7 Å². The van der Waals surface area contributed by atoms with E-state index in [0.29, 0.717) is 10.7 Å². The Morgan fingerprint density at radius 3 is 2.89 bits per heavy atom. The van der Waals surface area contributed by atoms with E-state index in [0.717, 1.165) is 18.2 Å². The Hall–Kier alpha value is -1.74. The monoisotopic (exact) mass is 264 g/mol. The van der Waals surface area contributed by atoms with Gasteiger partial charge in [0.15, 0.2) is 5.13 Å². The van der Waals surface area contributed by atoms with Gasteiger partial charge in [0.25, 0.3) is 5.91 Å². The molecule has 1 aromatic rings. The Labute approximate surface area is 111 Å². The van der Waals surface area contributed by atoms with Gasteiger partial charge in [0.2, 0.25) is 0 Å². The van der Waals surface area contributed by atoms with Crippen LogP contribution in [0.5, 0.6) is 0 Å². The summed E-state index contributed by atoms with van der Waals surface area (Å²) in [6.07, 6.45) is 7.53. The van der Waals surface area contributed by atoms with E-state index in [9.17, 15) is 4.79 Å². The highest BCUT2D eigenvalue weighted by Crippen LogP contribution is 2.30. The fourth-order valence-electron chi connectivity index (χ4n) is 1.90. The van der Waals surface area contributed by atoms with Crippen LogP contribution in [-0.4, -0.2) is 42.5 Å². The van der Waals surface area contributed by atoms with Crippen molar-refractivity contribution in [2.24, 2.45) is 0 Å². The molecule has 0 radical (unpaired) electrons. The maximum atomic E-state index is 12.1. The van der Waals surface area contributed by atoms with Crippen LogP contribution < -0.4 is 10.6 Å². The molecule has 0 spiro atoms. The topological polar surface area (TPSA) is 62.5 Å². The minimum atomic E-state index is -0.159. The van der Waals surface area contributed by atoms with Gasteiger partial charge in [-0.3, -0.25) is 4.79 Å². The predicted molar refractivity (Wildman–Crippen MR) is 73.8 cm³/mol. The molecule has 0 unspecified atom stereocenters. The van der Waals surface area contributed by atoms with Crippen LogP contribution in [0, 0.1) is 12.3 Å². The highest BCUT2D eigenvalue weighted by Gasteiger charge is 2.23. The van der Waals surface area contributed by atoms with E-state index < -0.39 is 0 Å². The first-order chi connectivity index (χ1) is 8.63. The largest absolute Gasteiger partial charge is 0.382 e. The van der Waals surface area contributed by atoms with Gasteiger partial charge in [0, 0.05) is 20.1 Å². The summed E-state index contributed by atoms with van der Waals surface area (Å²) >= 11 is 1.35. The number of anilines is 2. The lowest BCUT2D eigenvalue weighted by Gasteiger charge is -2.13. The Kier molecular flexibility index (Phi) is 3.72. The minimum absolute atomic E-state index is 0.159. The lowest BCUT2D eigenvalue weighted by Crippen LogP contribution is -2.26. The van der Waals surface area contributed by atoms with Crippen LogP contribution in [0.3, 0.4) is 0 Å². The first-order valence-electron chi connectivity index (χ1n) is 5.83. The van der Waals surface area contributed by atoms with Crippen molar-refractivity contribution in [2.45, 2.75) is 12.8 Å². The summed E-state index contributed by atoms with van der Waals surface area (Å²) in [4.78, 5) is 20.5. The maximum absolute atomic E-state index is 12.1. The van der Waals surface area contributed by atoms with E-state index in [1.165, 1.54) is 29.1 Å². The van der Waals surface area contributed by atoms with Crippen molar-refractivity contribution >= 4 is 28.2 Å².